The van der Waals surface area contributed by atoms with Gasteiger partial charge in [0, 0.05) is 0 Å². The summed E-state index contributed by atoms with van der Waals surface area (Å²) in [6, 6.07) is 4.31. The molecule has 1 atom stereocenters. The van der Waals surface area contributed by atoms with E-state index in [1.165, 1.54) is 19.2 Å². The van der Waals surface area contributed by atoms with E-state index in [0.29, 0.717) is 12.0 Å². The van der Waals surface area contributed by atoms with E-state index in [4.69, 9.17) is 4.74 Å². The predicted molar refractivity (Wildman–Crippen MR) is 76.5 cm³/mol. The number of halogens is 1. The molecule has 7 heteroatoms. The van der Waals surface area contributed by atoms with Gasteiger partial charge >= 0.3 is 0 Å². The topological polar surface area (TPSA) is 72.5 Å². The van der Waals surface area contributed by atoms with Gasteiger partial charge in [0.15, 0.2) is 21.4 Å². The zero-order chi connectivity index (χ0) is 15.7. The largest absolute Gasteiger partial charge is 0.494 e. The minimum Gasteiger partial charge on any atom is -0.494 e. The Hall–Kier alpha value is -1.63. The average Bonchev–Trinajstić information content (AvgIpc) is 2.63. The molecule has 1 aliphatic heterocycles. The highest BCUT2D eigenvalue weighted by Crippen LogP contribution is 2.23. The fourth-order valence-corrected chi connectivity index (χ4v) is 4.59. The van der Waals surface area contributed by atoms with Gasteiger partial charge in [0.2, 0.25) is 5.91 Å². The van der Waals surface area contributed by atoms with Crippen molar-refractivity contribution in [2.45, 2.75) is 25.3 Å². The Morgan fingerprint density at radius 2 is 2.19 bits per heavy atom. The fraction of sp³-hybridized carbons (Fsp3) is 0.500. The third-order valence-electron chi connectivity index (χ3n) is 3.53. The first-order chi connectivity index (χ1) is 9.73. The van der Waals surface area contributed by atoms with Gasteiger partial charge in [-0.3, -0.25) is 4.79 Å². The number of sulfone groups is 1. The molecule has 21 heavy (non-hydrogen) atoms. The summed E-state index contributed by atoms with van der Waals surface area (Å²) >= 11 is 0. The number of ether oxygens (including phenoxy) is 1. The van der Waals surface area contributed by atoms with Crippen molar-refractivity contribution in [3.63, 3.8) is 0 Å². The van der Waals surface area contributed by atoms with Gasteiger partial charge in [-0.1, -0.05) is 6.07 Å². The maximum absolute atomic E-state index is 13.5. The minimum atomic E-state index is -3.08. The SMILES string of the molecule is COc1ccc(CC(=O)N[C@]2(C)CCS(=O)(=O)C2)cc1F. The average molecular weight is 315 g/mol. The number of carbonyl (C=O) groups excluding carboxylic acids is 1. The van der Waals surface area contributed by atoms with Gasteiger partial charge in [-0.2, -0.15) is 0 Å². The molecule has 0 bridgehead atoms. The molecule has 0 aliphatic carbocycles. The first-order valence-corrected chi connectivity index (χ1v) is 8.39. The highest BCUT2D eigenvalue weighted by molar-refractivity contribution is 7.91. The molecular formula is C14H18FNO4S. The van der Waals surface area contributed by atoms with Crippen LogP contribution in [-0.2, 0) is 21.1 Å². The van der Waals surface area contributed by atoms with Crippen LogP contribution in [0.2, 0.25) is 0 Å². The number of methoxy groups -OCH3 is 1. The summed E-state index contributed by atoms with van der Waals surface area (Å²) in [4.78, 5) is 12.0. The van der Waals surface area contributed by atoms with Crippen molar-refractivity contribution in [3.8, 4) is 5.75 Å². The molecule has 2 rings (SSSR count). The van der Waals surface area contributed by atoms with E-state index in [1.807, 2.05) is 0 Å². The van der Waals surface area contributed by atoms with Gasteiger partial charge in [-0.15, -0.1) is 0 Å². The van der Waals surface area contributed by atoms with Crippen LogP contribution in [0.5, 0.6) is 5.75 Å². The molecule has 5 nitrogen and oxygen atoms in total. The summed E-state index contributed by atoms with van der Waals surface area (Å²) in [7, 11) is -1.71. The zero-order valence-corrected chi connectivity index (χ0v) is 12.8. The maximum atomic E-state index is 13.5. The number of hydrogen-bond acceptors (Lipinski definition) is 4. The van der Waals surface area contributed by atoms with Crippen molar-refractivity contribution in [3.05, 3.63) is 29.6 Å². The van der Waals surface area contributed by atoms with Gasteiger partial charge < -0.3 is 10.1 Å². The van der Waals surface area contributed by atoms with Crippen LogP contribution in [0.15, 0.2) is 18.2 Å². The molecular weight excluding hydrogens is 297 g/mol. The molecule has 1 saturated heterocycles. The van der Waals surface area contributed by atoms with E-state index in [2.05, 4.69) is 5.32 Å². The van der Waals surface area contributed by atoms with Crippen molar-refractivity contribution in [2.24, 2.45) is 0 Å². The molecule has 0 saturated carbocycles. The van der Waals surface area contributed by atoms with Crippen LogP contribution in [0.4, 0.5) is 4.39 Å². The van der Waals surface area contributed by atoms with Crippen LogP contribution in [0.25, 0.3) is 0 Å². The Kier molecular flexibility index (Phi) is 4.22. The van der Waals surface area contributed by atoms with Crippen molar-refractivity contribution in [1.82, 2.24) is 5.32 Å². The molecule has 1 N–H and O–H groups in total. The van der Waals surface area contributed by atoms with Crippen LogP contribution >= 0.6 is 0 Å². The lowest BCUT2D eigenvalue weighted by Gasteiger charge is -2.23. The molecule has 1 aliphatic rings. The molecule has 0 unspecified atom stereocenters. The van der Waals surface area contributed by atoms with E-state index >= 15 is 0 Å². The van der Waals surface area contributed by atoms with Crippen LogP contribution in [0.3, 0.4) is 0 Å². The molecule has 1 fully saturated rings. The summed E-state index contributed by atoms with van der Waals surface area (Å²) in [5.74, 6) is -0.700. The fourth-order valence-electron chi connectivity index (χ4n) is 2.50. The van der Waals surface area contributed by atoms with Crippen molar-refractivity contribution >= 4 is 15.7 Å². The second kappa shape index (κ2) is 5.63. The standard InChI is InChI=1S/C14H18FNO4S/c1-14(5-6-21(18,19)9-14)16-13(17)8-10-3-4-12(20-2)11(15)7-10/h3-4,7H,5-6,8-9H2,1-2H3,(H,16,17)/t14-/m1/s1. The number of hydrogen-bond donors (Lipinski definition) is 1. The normalized spacial score (nSPS) is 23.8. The third kappa shape index (κ3) is 3.93. The molecule has 0 radical (unpaired) electrons. The molecule has 116 valence electrons. The van der Waals surface area contributed by atoms with E-state index in [1.54, 1.807) is 13.0 Å². The van der Waals surface area contributed by atoms with Crippen LogP contribution in [0.1, 0.15) is 18.9 Å². The summed E-state index contributed by atoms with van der Waals surface area (Å²) in [5, 5.41) is 2.74. The first-order valence-electron chi connectivity index (χ1n) is 6.57. The summed E-state index contributed by atoms with van der Waals surface area (Å²) in [6.07, 6.45) is 0.397. The van der Waals surface area contributed by atoms with Gasteiger partial charge in [0.1, 0.15) is 0 Å². The van der Waals surface area contributed by atoms with Crippen molar-refractivity contribution < 1.29 is 22.3 Å². The Morgan fingerprint density at radius 3 is 2.71 bits per heavy atom. The predicted octanol–water partition coefficient (Wildman–Crippen LogP) is 1.07. The molecule has 0 aromatic heterocycles. The van der Waals surface area contributed by atoms with Gasteiger partial charge in [0.25, 0.3) is 0 Å². The number of benzene rings is 1. The quantitative estimate of drug-likeness (QED) is 0.902. The summed E-state index contributed by atoms with van der Waals surface area (Å²) in [5.41, 5.74) is -0.226. The van der Waals surface area contributed by atoms with Crippen LogP contribution < -0.4 is 10.1 Å². The minimum absolute atomic E-state index is 0.00342. The van der Waals surface area contributed by atoms with Crippen molar-refractivity contribution in [2.75, 3.05) is 18.6 Å². The molecule has 1 heterocycles. The van der Waals surface area contributed by atoms with Gasteiger partial charge in [-0.05, 0) is 31.0 Å². The number of rotatable bonds is 4. The van der Waals surface area contributed by atoms with Crippen LogP contribution in [-0.4, -0.2) is 38.5 Å². The summed E-state index contributed by atoms with van der Waals surface area (Å²) < 4.78 is 41.3. The lowest BCUT2D eigenvalue weighted by molar-refractivity contribution is -0.121. The first kappa shape index (κ1) is 15.8. The lowest BCUT2D eigenvalue weighted by atomic mass is 10.0. The number of amides is 1. The molecule has 1 aromatic rings. The highest BCUT2D eigenvalue weighted by atomic mass is 32.2. The summed E-state index contributed by atoms with van der Waals surface area (Å²) in [6.45, 7) is 1.71. The second-order valence-electron chi connectivity index (χ2n) is 5.60. The van der Waals surface area contributed by atoms with Crippen LogP contribution in [0, 0.1) is 5.82 Å². The van der Waals surface area contributed by atoms with E-state index in [0.717, 1.165) is 0 Å². The molecule has 1 amide bonds. The Bertz CT molecular complexity index is 659. The maximum Gasteiger partial charge on any atom is 0.224 e. The Balaban J connectivity index is 2.01. The Morgan fingerprint density at radius 1 is 1.48 bits per heavy atom. The van der Waals surface area contributed by atoms with Gasteiger partial charge in [0.05, 0.1) is 30.6 Å². The van der Waals surface area contributed by atoms with E-state index in [9.17, 15) is 17.6 Å². The van der Waals surface area contributed by atoms with Crippen molar-refractivity contribution in [1.29, 1.82) is 0 Å². The number of nitrogens with one attached hydrogen (secondary N) is 1. The molecule has 1 aromatic carbocycles. The van der Waals surface area contributed by atoms with E-state index < -0.39 is 21.2 Å². The lowest BCUT2D eigenvalue weighted by Crippen LogP contribution is -2.47. The van der Waals surface area contributed by atoms with Gasteiger partial charge in [-0.25, -0.2) is 12.8 Å². The molecule has 0 spiro atoms. The zero-order valence-electron chi connectivity index (χ0n) is 12.0. The number of carbonyl (C=O) groups is 1. The highest BCUT2D eigenvalue weighted by Gasteiger charge is 2.39. The monoisotopic (exact) mass is 315 g/mol. The van der Waals surface area contributed by atoms with E-state index in [-0.39, 0.29) is 29.6 Å². The second-order valence-corrected chi connectivity index (χ2v) is 7.78. The third-order valence-corrected chi connectivity index (χ3v) is 5.43. The Labute approximate surface area is 123 Å². The smallest absolute Gasteiger partial charge is 0.224 e.